The molecule has 5 heteroatoms. The molecule has 4 atom stereocenters. The summed E-state index contributed by atoms with van der Waals surface area (Å²) >= 11 is 0. The third kappa shape index (κ3) is 2.04. The summed E-state index contributed by atoms with van der Waals surface area (Å²) in [5.41, 5.74) is 0.597. The fraction of sp³-hybridized carbons (Fsp3) is 0.421. The molecule has 3 aliphatic rings. The minimum absolute atomic E-state index is 0.149. The molecule has 0 unspecified atom stereocenters. The van der Waals surface area contributed by atoms with Crippen LogP contribution in [0.1, 0.15) is 30.6 Å². The van der Waals surface area contributed by atoms with Crippen LogP contribution in [0.15, 0.2) is 36.4 Å². The van der Waals surface area contributed by atoms with E-state index in [1.54, 1.807) is 38.1 Å². The van der Waals surface area contributed by atoms with Crippen LogP contribution in [0.5, 0.6) is 0 Å². The molecule has 24 heavy (non-hydrogen) atoms. The molecule has 4 rings (SSSR count). The SMILES string of the molecule is CC(C)OC(=O)c1ccccc1N1C(=O)[C@H]2[C@H](C1=O)[C@H]1C=C[C@H]2C1. The van der Waals surface area contributed by atoms with Gasteiger partial charge in [-0.05, 0) is 44.2 Å². The number of hydrogen-bond acceptors (Lipinski definition) is 4. The van der Waals surface area contributed by atoms with E-state index in [-0.39, 0.29) is 47.2 Å². The average Bonchev–Trinajstić information content (AvgIpc) is 3.21. The summed E-state index contributed by atoms with van der Waals surface area (Å²) in [6.45, 7) is 3.53. The third-order valence-electron chi connectivity index (χ3n) is 5.18. The van der Waals surface area contributed by atoms with Crippen LogP contribution in [-0.2, 0) is 14.3 Å². The molecule has 0 aromatic heterocycles. The summed E-state index contributed by atoms with van der Waals surface area (Å²) < 4.78 is 5.26. The standard InChI is InChI=1S/C19H19NO4/c1-10(2)24-19(23)13-5-3-4-6-14(13)20-17(21)15-11-7-8-12(9-11)16(15)18(20)22/h3-8,10-12,15-16H,9H2,1-2H3/t11-,12-,15+,16+/m0/s1. The van der Waals surface area contributed by atoms with Gasteiger partial charge < -0.3 is 4.74 Å². The Morgan fingerprint density at radius 3 is 2.25 bits per heavy atom. The van der Waals surface area contributed by atoms with Crippen molar-refractivity contribution in [3.63, 3.8) is 0 Å². The first-order valence-electron chi connectivity index (χ1n) is 8.35. The predicted molar refractivity (Wildman–Crippen MR) is 87.2 cm³/mol. The number of benzene rings is 1. The van der Waals surface area contributed by atoms with Crippen LogP contribution in [0, 0.1) is 23.7 Å². The van der Waals surface area contributed by atoms with E-state index >= 15 is 0 Å². The van der Waals surface area contributed by atoms with Gasteiger partial charge >= 0.3 is 5.97 Å². The number of rotatable bonds is 3. The molecule has 1 saturated heterocycles. The second-order valence-electron chi connectivity index (χ2n) is 6.98. The molecule has 1 aromatic carbocycles. The Morgan fingerprint density at radius 1 is 1.08 bits per heavy atom. The summed E-state index contributed by atoms with van der Waals surface area (Å²) in [5, 5.41) is 0. The maximum Gasteiger partial charge on any atom is 0.340 e. The molecule has 1 aliphatic heterocycles. The Labute approximate surface area is 140 Å². The van der Waals surface area contributed by atoms with Crippen LogP contribution < -0.4 is 4.90 Å². The summed E-state index contributed by atoms with van der Waals surface area (Å²) in [6, 6.07) is 6.67. The van der Waals surface area contributed by atoms with Crippen molar-refractivity contribution in [1.29, 1.82) is 0 Å². The number of nitrogens with zero attached hydrogens (tertiary/aromatic N) is 1. The molecule has 2 amide bonds. The highest BCUT2D eigenvalue weighted by Crippen LogP contribution is 2.53. The van der Waals surface area contributed by atoms with Crippen LogP contribution >= 0.6 is 0 Å². The monoisotopic (exact) mass is 325 g/mol. The molecule has 2 bridgehead atoms. The van der Waals surface area contributed by atoms with Gasteiger partial charge in [0.2, 0.25) is 11.8 Å². The fourth-order valence-electron chi connectivity index (χ4n) is 4.26. The number of carbonyl (C=O) groups is 3. The van der Waals surface area contributed by atoms with E-state index < -0.39 is 5.97 Å². The molecule has 5 nitrogen and oxygen atoms in total. The molecule has 0 N–H and O–H groups in total. The van der Waals surface area contributed by atoms with Gasteiger partial charge in [0.05, 0.1) is 29.2 Å². The second-order valence-corrected chi connectivity index (χ2v) is 6.98. The van der Waals surface area contributed by atoms with Gasteiger partial charge in [0, 0.05) is 0 Å². The molecule has 124 valence electrons. The van der Waals surface area contributed by atoms with Crippen LogP contribution in [0.3, 0.4) is 0 Å². The minimum atomic E-state index is -0.514. The van der Waals surface area contributed by atoms with Gasteiger partial charge in [-0.2, -0.15) is 0 Å². The molecule has 1 saturated carbocycles. The van der Waals surface area contributed by atoms with Gasteiger partial charge in [-0.3, -0.25) is 9.59 Å². The Bertz CT molecular complexity index is 736. The van der Waals surface area contributed by atoms with Crippen molar-refractivity contribution in [3.8, 4) is 0 Å². The minimum Gasteiger partial charge on any atom is -0.459 e. The van der Waals surface area contributed by atoms with Crippen LogP contribution in [-0.4, -0.2) is 23.9 Å². The summed E-state index contributed by atoms with van der Waals surface area (Å²) in [5.74, 6) is -1.14. The van der Waals surface area contributed by atoms with Gasteiger partial charge in [-0.15, -0.1) is 0 Å². The number of para-hydroxylation sites is 1. The smallest absolute Gasteiger partial charge is 0.340 e. The summed E-state index contributed by atoms with van der Waals surface area (Å²) in [6.07, 6.45) is 4.73. The molecule has 1 heterocycles. The van der Waals surface area contributed by atoms with E-state index in [2.05, 4.69) is 12.2 Å². The lowest BCUT2D eigenvalue weighted by molar-refractivity contribution is -0.123. The normalized spacial score (nSPS) is 30.4. The molecule has 0 radical (unpaired) electrons. The highest BCUT2D eigenvalue weighted by molar-refractivity contribution is 6.24. The average molecular weight is 325 g/mol. The van der Waals surface area contributed by atoms with E-state index in [0.717, 1.165) is 6.42 Å². The number of esters is 1. The first-order chi connectivity index (χ1) is 11.5. The number of allylic oxidation sites excluding steroid dienone is 2. The topological polar surface area (TPSA) is 63.7 Å². The maximum absolute atomic E-state index is 12.9. The first kappa shape index (κ1) is 15.1. The number of fused-ring (bicyclic) bond motifs is 5. The molecule has 0 spiro atoms. The van der Waals surface area contributed by atoms with Crippen LogP contribution in [0.4, 0.5) is 5.69 Å². The number of anilines is 1. The van der Waals surface area contributed by atoms with E-state index in [0.29, 0.717) is 5.69 Å². The number of amides is 2. The zero-order valence-electron chi connectivity index (χ0n) is 13.6. The number of hydrogen-bond donors (Lipinski definition) is 0. The Hall–Kier alpha value is -2.43. The van der Waals surface area contributed by atoms with E-state index in [9.17, 15) is 14.4 Å². The van der Waals surface area contributed by atoms with Gasteiger partial charge in [-0.1, -0.05) is 24.3 Å². The van der Waals surface area contributed by atoms with Crippen molar-refractivity contribution in [1.82, 2.24) is 0 Å². The predicted octanol–water partition coefficient (Wildman–Crippen LogP) is 2.56. The van der Waals surface area contributed by atoms with Crippen LogP contribution in [0.25, 0.3) is 0 Å². The zero-order chi connectivity index (χ0) is 17.0. The lowest BCUT2D eigenvalue weighted by Crippen LogP contribution is -2.34. The number of carbonyl (C=O) groups excluding carboxylic acids is 3. The molecular weight excluding hydrogens is 306 g/mol. The Balaban J connectivity index is 1.72. The number of imide groups is 1. The van der Waals surface area contributed by atoms with Crippen molar-refractivity contribution in [2.24, 2.45) is 23.7 Å². The number of ether oxygens (including phenoxy) is 1. The lowest BCUT2D eigenvalue weighted by atomic mass is 9.85. The van der Waals surface area contributed by atoms with Gasteiger partial charge in [0.25, 0.3) is 0 Å². The molecule has 2 fully saturated rings. The first-order valence-corrected chi connectivity index (χ1v) is 8.35. The van der Waals surface area contributed by atoms with Gasteiger partial charge in [0.1, 0.15) is 0 Å². The van der Waals surface area contributed by atoms with E-state index in [1.807, 2.05) is 0 Å². The van der Waals surface area contributed by atoms with Crippen LogP contribution in [0.2, 0.25) is 0 Å². The molecule has 2 aliphatic carbocycles. The largest absolute Gasteiger partial charge is 0.459 e. The van der Waals surface area contributed by atoms with Gasteiger partial charge in [-0.25, -0.2) is 9.69 Å². The third-order valence-corrected chi connectivity index (χ3v) is 5.18. The Kier molecular flexibility index (Phi) is 3.34. The van der Waals surface area contributed by atoms with Crippen molar-refractivity contribution in [2.45, 2.75) is 26.4 Å². The molecule has 1 aromatic rings. The van der Waals surface area contributed by atoms with Crippen molar-refractivity contribution in [2.75, 3.05) is 4.90 Å². The van der Waals surface area contributed by atoms with Crippen molar-refractivity contribution in [3.05, 3.63) is 42.0 Å². The highest BCUT2D eigenvalue weighted by Gasteiger charge is 2.59. The van der Waals surface area contributed by atoms with E-state index in [4.69, 9.17) is 4.74 Å². The highest BCUT2D eigenvalue weighted by atomic mass is 16.5. The maximum atomic E-state index is 12.9. The Morgan fingerprint density at radius 2 is 1.67 bits per heavy atom. The lowest BCUT2D eigenvalue weighted by Gasteiger charge is -2.20. The van der Waals surface area contributed by atoms with Crippen molar-refractivity contribution >= 4 is 23.5 Å². The zero-order valence-corrected chi connectivity index (χ0v) is 13.6. The van der Waals surface area contributed by atoms with Crippen molar-refractivity contribution < 1.29 is 19.1 Å². The summed E-state index contributed by atoms with van der Waals surface area (Å²) in [4.78, 5) is 39.4. The molecular formula is C19H19NO4. The quantitative estimate of drug-likeness (QED) is 0.487. The van der Waals surface area contributed by atoms with Gasteiger partial charge in [0.15, 0.2) is 0 Å². The second kappa shape index (κ2) is 5.30. The summed E-state index contributed by atoms with van der Waals surface area (Å²) in [7, 11) is 0. The van der Waals surface area contributed by atoms with E-state index in [1.165, 1.54) is 4.90 Å². The fourth-order valence-corrected chi connectivity index (χ4v) is 4.26.